The first-order valence-corrected chi connectivity index (χ1v) is 6.73. The summed E-state index contributed by atoms with van der Waals surface area (Å²) in [5, 5.41) is 0. The number of pyridine rings is 1. The highest BCUT2D eigenvalue weighted by atomic mass is 15.2. The average molecular weight is 253 g/mol. The van der Waals surface area contributed by atoms with Crippen LogP contribution in [0.1, 0.15) is 40.6 Å². The summed E-state index contributed by atoms with van der Waals surface area (Å²) in [5.74, 6) is 6.33. The van der Waals surface area contributed by atoms with Crippen LogP contribution >= 0.6 is 0 Å². The molecule has 0 saturated heterocycles. The molecule has 2 atom stereocenters. The molecule has 1 aliphatic rings. The van der Waals surface area contributed by atoms with Crippen molar-refractivity contribution in [2.24, 2.45) is 5.84 Å². The molecular formula is C16H19N3. The van der Waals surface area contributed by atoms with Crippen molar-refractivity contribution in [3.05, 3.63) is 65.0 Å². The highest BCUT2D eigenvalue weighted by molar-refractivity contribution is 5.40. The number of hydrazine groups is 1. The standard InChI is InChI=1S/C16H19N3/c1-11-6-14(10-18-9-11)16(19-17)8-13-7-12-4-2-3-5-15(12)13/h2-6,9-10,13,16,19H,7-8,17H2,1H3. The lowest BCUT2D eigenvalue weighted by molar-refractivity contribution is 0.434. The summed E-state index contributed by atoms with van der Waals surface area (Å²) in [5.41, 5.74) is 8.23. The molecule has 3 rings (SSSR count). The van der Waals surface area contributed by atoms with Gasteiger partial charge in [0, 0.05) is 18.4 Å². The van der Waals surface area contributed by atoms with Crippen molar-refractivity contribution in [2.45, 2.75) is 31.7 Å². The van der Waals surface area contributed by atoms with Crippen LogP contribution in [0.5, 0.6) is 0 Å². The van der Waals surface area contributed by atoms with Gasteiger partial charge in [0.05, 0.1) is 0 Å². The van der Waals surface area contributed by atoms with Crippen molar-refractivity contribution in [2.75, 3.05) is 0 Å². The minimum atomic E-state index is 0.172. The third-order valence-electron chi connectivity index (χ3n) is 3.98. The first-order valence-electron chi connectivity index (χ1n) is 6.73. The average Bonchev–Trinajstić information content (AvgIpc) is 2.40. The van der Waals surface area contributed by atoms with Crippen LogP contribution in [-0.2, 0) is 6.42 Å². The Balaban J connectivity index is 1.76. The molecule has 1 aliphatic carbocycles. The topological polar surface area (TPSA) is 50.9 Å². The zero-order valence-corrected chi connectivity index (χ0v) is 11.1. The molecule has 2 aromatic rings. The maximum Gasteiger partial charge on any atom is 0.0481 e. The van der Waals surface area contributed by atoms with Gasteiger partial charge in [-0.1, -0.05) is 30.3 Å². The van der Waals surface area contributed by atoms with Crippen LogP contribution in [0.25, 0.3) is 0 Å². The molecule has 0 aliphatic heterocycles. The van der Waals surface area contributed by atoms with E-state index in [1.54, 1.807) is 0 Å². The number of aromatic nitrogens is 1. The van der Waals surface area contributed by atoms with E-state index in [0.717, 1.165) is 12.8 Å². The monoisotopic (exact) mass is 253 g/mol. The van der Waals surface area contributed by atoms with E-state index >= 15 is 0 Å². The van der Waals surface area contributed by atoms with Crippen LogP contribution in [0.2, 0.25) is 0 Å². The van der Waals surface area contributed by atoms with E-state index in [0.29, 0.717) is 5.92 Å². The number of hydrogen-bond acceptors (Lipinski definition) is 3. The lowest BCUT2D eigenvalue weighted by Crippen LogP contribution is -2.31. The zero-order valence-electron chi connectivity index (χ0n) is 11.1. The van der Waals surface area contributed by atoms with E-state index in [4.69, 9.17) is 5.84 Å². The van der Waals surface area contributed by atoms with Crippen LogP contribution < -0.4 is 11.3 Å². The quantitative estimate of drug-likeness (QED) is 0.650. The van der Waals surface area contributed by atoms with Gasteiger partial charge in [0.2, 0.25) is 0 Å². The van der Waals surface area contributed by atoms with Crippen molar-refractivity contribution >= 4 is 0 Å². The molecule has 3 heteroatoms. The van der Waals surface area contributed by atoms with Crippen molar-refractivity contribution < 1.29 is 0 Å². The lowest BCUT2D eigenvalue weighted by Gasteiger charge is -2.33. The van der Waals surface area contributed by atoms with Gasteiger partial charge in [0.1, 0.15) is 0 Å². The van der Waals surface area contributed by atoms with Gasteiger partial charge in [0.25, 0.3) is 0 Å². The third kappa shape index (κ3) is 2.39. The maximum atomic E-state index is 5.72. The first-order chi connectivity index (χ1) is 9.28. The van der Waals surface area contributed by atoms with Gasteiger partial charge in [0.15, 0.2) is 0 Å². The lowest BCUT2D eigenvalue weighted by atomic mass is 9.74. The Hall–Kier alpha value is -1.71. The smallest absolute Gasteiger partial charge is 0.0481 e. The Labute approximate surface area is 113 Å². The van der Waals surface area contributed by atoms with E-state index < -0.39 is 0 Å². The second kappa shape index (κ2) is 5.11. The fourth-order valence-electron chi connectivity index (χ4n) is 2.93. The van der Waals surface area contributed by atoms with Gasteiger partial charge in [-0.15, -0.1) is 0 Å². The summed E-state index contributed by atoms with van der Waals surface area (Å²) < 4.78 is 0. The number of rotatable bonds is 4. The van der Waals surface area contributed by atoms with Crippen molar-refractivity contribution in [1.82, 2.24) is 10.4 Å². The van der Waals surface area contributed by atoms with E-state index in [-0.39, 0.29) is 6.04 Å². The van der Waals surface area contributed by atoms with Crippen molar-refractivity contribution in [3.63, 3.8) is 0 Å². The number of nitrogens with two attached hydrogens (primary N) is 1. The summed E-state index contributed by atoms with van der Waals surface area (Å²) in [6.45, 7) is 2.06. The van der Waals surface area contributed by atoms with Gasteiger partial charge >= 0.3 is 0 Å². The van der Waals surface area contributed by atoms with Crippen LogP contribution in [0.3, 0.4) is 0 Å². The summed E-state index contributed by atoms with van der Waals surface area (Å²) in [6, 6.07) is 11.0. The molecule has 2 unspecified atom stereocenters. The predicted octanol–water partition coefficient (Wildman–Crippen LogP) is 2.62. The minimum absolute atomic E-state index is 0.172. The summed E-state index contributed by atoms with van der Waals surface area (Å²) in [4.78, 5) is 4.25. The van der Waals surface area contributed by atoms with Crippen LogP contribution in [0.4, 0.5) is 0 Å². The van der Waals surface area contributed by atoms with Gasteiger partial charge in [-0.25, -0.2) is 0 Å². The fraction of sp³-hybridized carbons (Fsp3) is 0.312. The minimum Gasteiger partial charge on any atom is -0.271 e. The fourth-order valence-corrected chi connectivity index (χ4v) is 2.93. The van der Waals surface area contributed by atoms with Gasteiger partial charge in [-0.05, 0) is 47.9 Å². The number of aryl methyl sites for hydroxylation is 1. The molecule has 3 nitrogen and oxygen atoms in total. The van der Waals surface area contributed by atoms with Crippen LogP contribution in [0.15, 0.2) is 42.7 Å². The van der Waals surface area contributed by atoms with Crippen LogP contribution in [-0.4, -0.2) is 4.98 Å². The number of nitrogens with zero attached hydrogens (tertiary/aromatic N) is 1. The molecule has 0 spiro atoms. The maximum absolute atomic E-state index is 5.72. The predicted molar refractivity (Wildman–Crippen MR) is 76.5 cm³/mol. The van der Waals surface area contributed by atoms with E-state index in [1.165, 1.54) is 22.3 Å². The molecule has 3 N–H and O–H groups in total. The molecule has 0 amide bonds. The van der Waals surface area contributed by atoms with Crippen molar-refractivity contribution in [3.8, 4) is 0 Å². The molecule has 19 heavy (non-hydrogen) atoms. The number of hydrogen-bond donors (Lipinski definition) is 2. The number of nitrogens with one attached hydrogen (secondary N) is 1. The molecule has 1 aromatic carbocycles. The Morgan fingerprint density at radius 1 is 1.37 bits per heavy atom. The molecule has 0 saturated carbocycles. The Morgan fingerprint density at radius 2 is 2.21 bits per heavy atom. The van der Waals surface area contributed by atoms with E-state index in [9.17, 15) is 0 Å². The highest BCUT2D eigenvalue weighted by Gasteiger charge is 2.28. The van der Waals surface area contributed by atoms with Gasteiger partial charge in [-0.2, -0.15) is 0 Å². The number of benzene rings is 1. The van der Waals surface area contributed by atoms with Crippen LogP contribution in [0, 0.1) is 6.92 Å². The molecule has 0 bridgehead atoms. The highest BCUT2D eigenvalue weighted by Crippen LogP contribution is 2.40. The molecule has 0 radical (unpaired) electrons. The SMILES string of the molecule is Cc1cncc(C(CC2Cc3ccccc32)NN)c1. The molecule has 0 fully saturated rings. The largest absolute Gasteiger partial charge is 0.271 e. The molecular weight excluding hydrogens is 234 g/mol. The van der Waals surface area contributed by atoms with E-state index in [2.05, 4.69) is 47.7 Å². The molecule has 1 heterocycles. The second-order valence-corrected chi connectivity index (χ2v) is 5.35. The third-order valence-corrected chi connectivity index (χ3v) is 3.98. The first kappa shape index (κ1) is 12.3. The zero-order chi connectivity index (χ0) is 13.2. The number of fused-ring (bicyclic) bond motifs is 1. The van der Waals surface area contributed by atoms with Gasteiger partial charge < -0.3 is 0 Å². The summed E-state index contributed by atoms with van der Waals surface area (Å²) >= 11 is 0. The molecule has 98 valence electrons. The molecule has 1 aromatic heterocycles. The Bertz CT molecular complexity index is 580. The normalized spacial score (nSPS) is 18.5. The summed E-state index contributed by atoms with van der Waals surface area (Å²) in [6.07, 6.45) is 5.96. The Kier molecular flexibility index (Phi) is 3.32. The Morgan fingerprint density at radius 3 is 2.95 bits per heavy atom. The summed E-state index contributed by atoms with van der Waals surface area (Å²) in [7, 11) is 0. The van der Waals surface area contributed by atoms with Gasteiger partial charge in [-0.3, -0.25) is 16.3 Å². The van der Waals surface area contributed by atoms with E-state index in [1.807, 2.05) is 12.4 Å². The van der Waals surface area contributed by atoms with Crippen molar-refractivity contribution in [1.29, 1.82) is 0 Å². The second-order valence-electron chi connectivity index (χ2n) is 5.35.